The Kier molecular flexibility index (Phi) is 32.3. The van der Waals surface area contributed by atoms with E-state index in [1.807, 2.05) is 6.08 Å². The maximum Gasteiger partial charge on any atom is 0.306 e. The first-order valence-corrected chi connectivity index (χ1v) is 17.6. The van der Waals surface area contributed by atoms with E-state index in [0.717, 1.165) is 96.3 Å². The van der Waals surface area contributed by atoms with Gasteiger partial charge in [-0.2, -0.15) is 0 Å². The van der Waals surface area contributed by atoms with Crippen LogP contribution in [0.25, 0.3) is 0 Å². The Labute approximate surface area is 270 Å². The standard InChI is InChI=1S/C40H64O4/c1-3-5-7-9-11-13-15-16-17-18-20-22-24-29-33-37-40(43)44-38(35-31-27-25-28-32-36-39(41)42)34-30-26-23-21-19-14-12-10-8-6-4-2/h5,7,11-14,16-17,20-23,30,34,38H,3-4,6,8-10,15,18-19,24-29,31-33,35-37H2,1-2H3,(H,41,42)/b7-5-,13-11-,14-12-,17-16-,22-20-,23-21-,34-30-. The largest absolute Gasteiger partial charge is 0.481 e. The molecule has 0 aliphatic heterocycles. The van der Waals surface area contributed by atoms with Crippen LogP contribution in [0.1, 0.15) is 149 Å². The van der Waals surface area contributed by atoms with E-state index in [2.05, 4.69) is 92.8 Å². The monoisotopic (exact) mass is 608 g/mol. The Bertz CT molecular complexity index is 872. The minimum atomic E-state index is -0.724. The molecule has 1 N–H and O–H groups in total. The van der Waals surface area contributed by atoms with Crippen LogP contribution >= 0.6 is 0 Å². The van der Waals surface area contributed by atoms with Gasteiger partial charge < -0.3 is 9.84 Å². The lowest BCUT2D eigenvalue weighted by atomic mass is 10.1. The highest BCUT2D eigenvalue weighted by Crippen LogP contribution is 2.14. The van der Waals surface area contributed by atoms with Gasteiger partial charge >= 0.3 is 11.9 Å². The molecule has 44 heavy (non-hydrogen) atoms. The van der Waals surface area contributed by atoms with Crippen LogP contribution in [-0.4, -0.2) is 23.1 Å². The molecule has 1 atom stereocenters. The zero-order valence-corrected chi connectivity index (χ0v) is 28.2. The number of carboxylic acids is 1. The average molecular weight is 609 g/mol. The average Bonchev–Trinajstić information content (AvgIpc) is 3.00. The molecule has 1 unspecified atom stereocenters. The topological polar surface area (TPSA) is 63.6 Å². The maximum absolute atomic E-state index is 12.6. The molecule has 0 radical (unpaired) electrons. The highest BCUT2D eigenvalue weighted by Gasteiger charge is 2.11. The summed E-state index contributed by atoms with van der Waals surface area (Å²) >= 11 is 0. The van der Waals surface area contributed by atoms with E-state index in [1.54, 1.807) is 0 Å². The Morgan fingerprint density at radius 3 is 1.59 bits per heavy atom. The number of carbonyl (C=O) groups is 2. The quantitative estimate of drug-likeness (QED) is 0.0500. The Morgan fingerprint density at radius 2 is 1.02 bits per heavy atom. The molecule has 0 fully saturated rings. The first-order valence-electron chi connectivity index (χ1n) is 17.6. The third-order valence-electron chi connectivity index (χ3n) is 7.09. The first kappa shape index (κ1) is 41.1. The lowest BCUT2D eigenvalue weighted by molar-refractivity contribution is -0.147. The number of allylic oxidation sites excluding steroid dienone is 13. The Morgan fingerprint density at radius 1 is 0.545 bits per heavy atom. The second-order valence-electron chi connectivity index (χ2n) is 11.3. The number of esters is 1. The molecule has 0 amide bonds. The van der Waals surface area contributed by atoms with Gasteiger partial charge in [0, 0.05) is 12.8 Å². The van der Waals surface area contributed by atoms with Gasteiger partial charge in [0.05, 0.1) is 0 Å². The van der Waals surface area contributed by atoms with Crippen molar-refractivity contribution in [1.82, 2.24) is 0 Å². The summed E-state index contributed by atoms with van der Waals surface area (Å²) in [6.45, 7) is 4.38. The Hall–Kier alpha value is -2.88. The Balaban J connectivity index is 4.33. The van der Waals surface area contributed by atoms with Gasteiger partial charge in [0.25, 0.3) is 0 Å². The van der Waals surface area contributed by atoms with Crippen molar-refractivity contribution >= 4 is 11.9 Å². The zero-order valence-electron chi connectivity index (χ0n) is 28.2. The van der Waals surface area contributed by atoms with Gasteiger partial charge in [-0.15, -0.1) is 0 Å². The van der Waals surface area contributed by atoms with Gasteiger partial charge in [-0.25, -0.2) is 0 Å². The normalized spacial score (nSPS) is 13.3. The summed E-state index contributed by atoms with van der Waals surface area (Å²) in [4.78, 5) is 23.2. The third-order valence-corrected chi connectivity index (χ3v) is 7.09. The van der Waals surface area contributed by atoms with Crippen molar-refractivity contribution in [2.45, 2.75) is 155 Å². The molecule has 0 saturated carbocycles. The van der Waals surface area contributed by atoms with Crippen LogP contribution in [0.2, 0.25) is 0 Å². The van der Waals surface area contributed by atoms with E-state index in [1.165, 1.54) is 25.7 Å². The summed E-state index contributed by atoms with van der Waals surface area (Å²) in [5, 5.41) is 8.79. The molecule has 0 bridgehead atoms. The van der Waals surface area contributed by atoms with E-state index in [9.17, 15) is 9.59 Å². The van der Waals surface area contributed by atoms with Crippen LogP contribution in [0.4, 0.5) is 0 Å². The number of aliphatic carboxylic acids is 1. The second-order valence-corrected chi connectivity index (χ2v) is 11.3. The number of rotatable bonds is 30. The van der Waals surface area contributed by atoms with E-state index in [-0.39, 0.29) is 18.5 Å². The predicted molar refractivity (Wildman–Crippen MR) is 190 cm³/mol. The molecule has 0 spiro atoms. The van der Waals surface area contributed by atoms with Gasteiger partial charge in [0.15, 0.2) is 0 Å². The molecule has 0 aromatic rings. The maximum atomic E-state index is 12.6. The number of ether oxygens (including phenoxy) is 1. The highest BCUT2D eigenvalue weighted by molar-refractivity contribution is 5.69. The third kappa shape index (κ3) is 33.6. The van der Waals surface area contributed by atoms with Crippen molar-refractivity contribution in [2.75, 3.05) is 0 Å². The molecule has 4 nitrogen and oxygen atoms in total. The van der Waals surface area contributed by atoms with Crippen molar-refractivity contribution in [3.05, 3.63) is 85.1 Å². The molecule has 0 aliphatic rings. The van der Waals surface area contributed by atoms with Crippen molar-refractivity contribution in [1.29, 1.82) is 0 Å². The molecular weight excluding hydrogens is 544 g/mol. The lowest BCUT2D eigenvalue weighted by Crippen LogP contribution is -2.16. The smallest absolute Gasteiger partial charge is 0.306 e. The number of hydrogen-bond donors (Lipinski definition) is 1. The van der Waals surface area contributed by atoms with Crippen LogP contribution in [0, 0.1) is 0 Å². The van der Waals surface area contributed by atoms with E-state index < -0.39 is 5.97 Å². The zero-order chi connectivity index (χ0) is 32.2. The molecule has 0 heterocycles. The molecule has 0 rings (SSSR count). The van der Waals surface area contributed by atoms with Crippen molar-refractivity contribution in [3.8, 4) is 0 Å². The molecular formula is C40H64O4. The SMILES string of the molecule is CC/C=C\C/C=C\C/C=C\C/C=C\CCCCC(=O)OC(/C=C\C/C=C\C/C=C\CCCCC)CCCCCCCC(=O)O. The summed E-state index contributed by atoms with van der Waals surface area (Å²) < 4.78 is 5.85. The minimum Gasteiger partial charge on any atom is -0.481 e. The van der Waals surface area contributed by atoms with Crippen LogP contribution in [0.15, 0.2) is 85.1 Å². The van der Waals surface area contributed by atoms with Crippen LogP contribution in [0.3, 0.4) is 0 Å². The molecule has 248 valence electrons. The van der Waals surface area contributed by atoms with Crippen LogP contribution < -0.4 is 0 Å². The fraction of sp³-hybridized carbons (Fsp3) is 0.600. The van der Waals surface area contributed by atoms with E-state index in [4.69, 9.17) is 9.84 Å². The van der Waals surface area contributed by atoms with E-state index in [0.29, 0.717) is 6.42 Å². The fourth-order valence-electron chi connectivity index (χ4n) is 4.51. The van der Waals surface area contributed by atoms with Gasteiger partial charge in [-0.05, 0) is 96.0 Å². The molecule has 0 aliphatic carbocycles. The molecule has 0 saturated heterocycles. The number of hydrogen-bond acceptors (Lipinski definition) is 3. The van der Waals surface area contributed by atoms with Crippen LogP contribution in [0.5, 0.6) is 0 Å². The predicted octanol–water partition coefficient (Wildman–Crippen LogP) is 12.1. The molecule has 0 aromatic carbocycles. The summed E-state index contributed by atoms with van der Waals surface area (Å²) in [6.07, 6.45) is 50.3. The van der Waals surface area contributed by atoms with Crippen molar-refractivity contribution < 1.29 is 19.4 Å². The second kappa shape index (κ2) is 34.6. The van der Waals surface area contributed by atoms with E-state index >= 15 is 0 Å². The fourth-order valence-corrected chi connectivity index (χ4v) is 4.51. The number of carboxylic acid groups (broad SMARTS) is 1. The number of carbonyl (C=O) groups excluding carboxylic acids is 1. The highest BCUT2D eigenvalue weighted by atomic mass is 16.5. The number of unbranched alkanes of at least 4 members (excludes halogenated alkanes) is 9. The molecule has 4 heteroatoms. The first-order chi connectivity index (χ1) is 21.6. The summed E-state index contributed by atoms with van der Waals surface area (Å²) in [5.74, 6) is -0.840. The van der Waals surface area contributed by atoms with Gasteiger partial charge in [-0.3, -0.25) is 9.59 Å². The summed E-state index contributed by atoms with van der Waals surface area (Å²) in [7, 11) is 0. The summed E-state index contributed by atoms with van der Waals surface area (Å²) in [6, 6.07) is 0. The van der Waals surface area contributed by atoms with Gasteiger partial charge in [0.2, 0.25) is 0 Å². The van der Waals surface area contributed by atoms with Gasteiger partial charge in [-0.1, -0.05) is 125 Å². The van der Waals surface area contributed by atoms with Crippen LogP contribution in [-0.2, 0) is 14.3 Å². The van der Waals surface area contributed by atoms with Crippen molar-refractivity contribution in [3.63, 3.8) is 0 Å². The molecule has 0 aromatic heterocycles. The van der Waals surface area contributed by atoms with Gasteiger partial charge in [0.1, 0.15) is 6.10 Å². The lowest BCUT2D eigenvalue weighted by Gasteiger charge is -2.14. The minimum absolute atomic E-state index is 0.116. The summed E-state index contributed by atoms with van der Waals surface area (Å²) in [5.41, 5.74) is 0. The van der Waals surface area contributed by atoms with Crippen molar-refractivity contribution in [2.24, 2.45) is 0 Å².